The minimum Gasteiger partial charge on any atom is -0.486 e. The van der Waals surface area contributed by atoms with E-state index in [1.54, 1.807) is 54.0 Å². The Morgan fingerprint density at radius 2 is 2.00 bits per heavy atom. The van der Waals surface area contributed by atoms with Gasteiger partial charge in [-0.25, -0.2) is 9.78 Å². The van der Waals surface area contributed by atoms with E-state index in [1.165, 1.54) is 11.3 Å². The fraction of sp³-hybridized carbons (Fsp3) is 0.261. The number of anilines is 1. The van der Waals surface area contributed by atoms with Gasteiger partial charge in [-0.1, -0.05) is 11.6 Å². The Kier molecular flexibility index (Phi) is 6.83. The third-order valence-corrected chi connectivity index (χ3v) is 6.30. The van der Waals surface area contributed by atoms with Crippen molar-refractivity contribution in [3.63, 3.8) is 0 Å². The monoisotopic (exact) mass is 486 g/mol. The maximum atomic E-state index is 12.9. The van der Waals surface area contributed by atoms with E-state index in [1.807, 2.05) is 19.0 Å². The lowest BCUT2D eigenvalue weighted by Crippen LogP contribution is -2.23. The molecule has 0 saturated heterocycles. The minimum atomic E-state index is -0.418. The van der Waals surface area contributed by atoms with Crippen LogP contribution in [-0.4, -0.2) is 41.0 Å². The van der Waals surface area contributed by atoms with Gasteiger partial charge in [0.15, 0.2) is 5.58 Å². The summed E-state index contributed by atoms with van der Waals surface area (Å²) in [5.41, 5.74) is 2.31. The van der Waals surface area contributed by atoms with Crippen molar-refractivity contribution in [1.29, 1.82) is 0 Å². The second-order valence-corrected chi connectivity index (χ2v) is 9.24. The van der Waals surface area contributed by atoms with Crippen molar-refractivity contribution in [3.05, 3.63) is 73.6 Å². The first kappa shape index (κ1) is 23.0. The van der Waals surface area contributed by atoms with Crippen molar-refractivity contribution in [1.82, 2.24) is 14.5 Å². The van der Waals surface area contributed by atoms with Crippen LogP contribution in [0.2, 0.25) is 5.02 Å². The first-order valence-electron chi connectivity index (χ1n) is 10.2. The van der Waals surface area contributed by atoms with Gasteiger partial charge in [0, 0.05) is 23.8 Å². The summed E-state index contributed by atoms with van der Waals surface area (Å²) >= 11 is 7.17. The van der Waals surface area contributed by atoms with Crippen LogP contribution in [-0.2, 0) is 13.2 Å². The second kappa shape index (κ2) is 9.78. The van der Waals surface area contributed by atoms with E-state index >= 15 is 0 Å². The molecular formula is C23H23ClN4O4S. The molecule has 0 saturated carbocycles. The Hall–Kier alpha value is -3.14. The Morgan fingerprint density at radius 3 is 2.73 bits per heavy atom. The average Bonchev–Trinajstić information content (AvgIpc) is 3.30. The summed E-state index contributed by atoms with van der Waals surface area (Å²) in [6.45, 7) is 3.21. The number of benzene rings is 2. The maximum Gasteiger partial charge on any atom is 0.419 e. The number of fused-ring (bicyclic) bond motifs is 1. The van der Waals surface area contributed by atoms with E-state index in [-0.39, 0.29) is 12.5 Å². The van der Waals surface area contributed by atoms with Gasteiger partial charge in [0.25, 0.3) is 5.91 Å². The summed E-state index contributed by atoms with van der Waals surface area (Å²) < 4.78 is 12.6. The quantitative estimate of drug-likeness (QED) is 0.397. The van der Waals surface area contributed by atoms with Crippen molar-refractivity contribution in [2.75, 3.05) is 26.0 Å². The first-order chi connectivity index (χ1) is 15.8. The molecule has 0 fully saturated rings. The summed E-state index contributed by atoms with van der Waals surface area (Å²) in [4.78, 5) is 32.0. The Balaban J connectivity index is 1.48. The fourth-order valence-corrected chi connectivity index (χ4v) is 4.24. The van der Waals surface area contributed by atoms with Crippen molar-refractivity contribution < 1.29 is 13.9 Å². The van der Waals surface area contributed by atoms with Crippen LogP contribution in [0.4, 0.5) is 5.69 Å². The molecule has 0 aliphatic heterocycles. The van der Waals surface area contributed by atoms with E-state index in [9.17, 15) is 9.59 Å². The Bertz CT molecular complexity index is 1340. The van der Waals surface area contributed by atoms with Crippen LogP contribution in [0.5, 0.6) is 5.75 Å². The summed E-state index contributed by atoms with van der Waals surface area (Å²) in [5.74, 6) is -0.0151. The molecule has 0 aliphatic rings. The van der Waals surface area contributed by atoms with Crippen molar-refractivity contribution in [3.8, 4) is 5.75 Å². The minimum absolute atomic E-state index is 0.250. The van der Waals surface area contributed by atoms with Crippen molar-refractivity contribution in [2.24, 2.45) is 0 Å². The fourth-order valence-electron chi connectivity index (χ4n) is 3.24. The molecule has 33 heavy (non-hydrogen) atoms. The number of hydrogen-bond acceptors (Lipinski definition) is 7. The largest absolute Gasteiger partial charge is 0.486 e. The predicted octanol–water partition coefficient (Wildman–Crippen LogP) is 4.41. The number of likely N-dealkylation sites (N-methyl/N-ethyl adjacent to an activating group) is 1. The molecule has 2 aromatic carbocycles. The smallest absolute Gasteiger partial charge is 0.419 e. The van der Waals surface area contributed by atoms with Gasteiger partial charge >= 0.3 is 5.76 Å². The van der Waals surface area contributed by atoms with Crippen LogP contribution in [0, 0.1) is 6.92 Å². The number of hydrogen-bond donors (Lipinski definition) is 1. The maximum absolute atomic E-state index is 12.9. The molecule has 2 heterocycles. The van der Waals surface area contributed by atoms with Crippen LogP contribution in [0.15, 0.2) is 51.7 Å². The summed E-state index contributed by atoms with van der Waals surface area (Å²) in [7, 11) is 3.87. The van der Waals surface area contributed by atoms with Gasteiger partial charge in [-0.3, -0.25) is 9.36 Å². The number of nitrogens with zero attached hydrogens (tertiary/aromatic N) is 3. The molecule has 1 amide bonds. The summed E-state index contributed by atoms with van der Waals surface area (Å²) in [6.07, 6.45) is 0. The molecule has 0 radical (unpaired) electrons. The van der Waals surface area contributed by atoms with Crippen molar-refractivity contribution >= 4 is 45.6 Å². The number of aryl methyl sites for hydroxylation is 1. The number of oxazole rings is 1. The van der Waals surface area contributed by atoms with Crippen LogP contribution >= 0.6 is 22.9 Å². The molecule has 0 unspecified atom stereocenters. The molecule has 4 rings (SSSR count). The highest BCUT2D eigenvalue weighted by atomic mass is 35.5. The standard InChI is InChI=1S/C23H23ClN4O4S/c1-14-21(33-20(25-14)13-31-17-7-4-15(24)5-8-17)22(29)26-16-6-9-19-18(12-16)28(23(30)32-19)11-10-27(2)3/h4-9,12H,10-11,13H2,1-3H3,(H,26,29). The number of rotatable bonds is 8. The molecular weight excluding hydrogens is 464 g/mol. The van der Waals surface area contributed by atoms with Gasteiger partial charge in [-0.15, -0.1) is 11.3 Å². The lowest BCUT2D eigenvalue weighted by molar-refractivity contribution is 0.103. The van der Waals surface area contributed by atoms with E-state index in [2.05, 4.69) is 10.3 Å². The second-order valence-electron chi connectivity index (χ2n) is 7.72. The average molecular weight is 487 g/mol. The Morgan fingerprint density at radius 1 is 1.24 bits per heavy atom. The lowest BCUT2D eigenvalue weighted by Gasteiger charge is -2.10. The van der Waals surface area contributed by atoms with E-state index in [0.717, 1.165) is 0 Å². The zero-order chi connectivity index (χ0) is 23.5. The zero-order valence-electron chi connectivity index (χ0n) is 18.4. The van der Waals surface area contributed by atoms with Crippen molar-refractivity contribution in [2.45, 2.75) is 20.1 Å². The molecule has 0 spiro atoms. The topological polar surface area (TPSA) is 89.6 Å². The number of ether oxygens (including phenoxy) is 1. The van der Waals surface area contributed by atoms with Gasteiger partial charge < -0.3 is 19.4 Å². The van der Waals surface area contributed by atoms with Crippen LogP contribution < -0.4 is 15.8 Å². The van der Waals surface area contributed by atoms with E-state index in [0.29, 0.717) is 56.2 Å². The molecule has 1 N–H and O–H groups in total. The zero-order valence-corrected chi connectivity index (χ0v) is 20.0. The summed E-state index contributed by atoms with van der Waals surface area (Å²) in [6, 6.07) is 12.2. The number of carbonyl (C=O) groups excluding carboxylic acids is 1. The van der Waals surface area contributed by atoms with Gasteiger partial charge in [0.05, 0.1) is 11.2 Å². The summed E-state index contributed by atoms with van der Waals surface area (Å²) in [5, 5.41) is 4.22. The Labute approximate surface area is 199 Å². The highest BCUT2D eigenvalue weighted by Crippen LogP contribution is 2.24. The number of carbonyl (C=O) groups is 1. The molecule has 172 valence electrons. The molecule has 0 aliphatic carbocycles. The van der Waals surface area contributed by atoms with Crippen LogP contribution in [0.25, 0.3) is 11.1 Å². The number of nitrogens with one attached hydrogen (secondary N) is 1. The van der Waals surface area contributed by atoms with Gasteiger partial charge in [-0.2, -0.15) is 0 Å². The number of thiazole rings is 1. The molecule has 8 nitrogen and oxygen atoms in total. The normalized spacial score (nSPS) is 11.3. The predicted molar refractivity (Wildman–Crippen MR) is 130 cm³/mol. The number of aromatic nitrogens is 2. The molecule has 10 heteroatoms. The number of amides is 1. The third kappa shape index (κ3) is 5.44. The molecule has 0 bridgehead atoms. The van der Waals surface area contributed by atoms with E-state index in [4.69, 9.17) is 20.8 Å². The molecule has 2 aromatic heterocycles. The molecule has 0 atom stereocenters. The van der Waals surface area contributed by atoms with Gasteiger partial charge in [-0.05, 0) is 63.5 Å². The lowest BCUT2D eigenvalue weighted by atomic mass is 10.2. The third-order valence-electron chi connectivity index (χ3n) is 4.92. The highest BCUT2D eigenvalue weighted by molar-refractivity contribution is 7.13. The van der Waals surface area contributed by atoms with E-state index < -0.39 is 5.76 Å². The molecule has 4 aromatic rings. The number of halogens is 1. The van der Waals surface area contributed by atoms with Gasteiger partial charge in [0.1, 0.15) is 22.2 Å². The highest BCUT2D eigenvalue weighted by Gasteiger charge is 2.17. The SMILES string of the molecule is Cc1nc(COc2ccc(Cl)cc2)sc1C(=O)Nc1ccc2oc(=O)n(CCN(C)C)c2c1. The van der Waals surface area contributed by atoms with Crippen LogP contribution in [0.3, 0.4) is 0 Å². The first-order valence-corrected chi connectivity index (χ1v) is 11.4. The van der Waals surface area contributed by atoms with Gasteiger partial charge in [0.2, 0.25) is 0 Å². The van der Waals surface area contributed by atoms with Crippen LogP contribution in [0.1, 0.15) is 20.4 Å².